The van der Waals surface area contributed by atoms with E-state index in [-0.39, 0.29) is 5.41 Å². The second-order valence-electron chi connectivity index (χ2n) is 9.60. The molecule has 0 saturated heterocycles. The topological polar surface area (TPSA) is 33.0 Å². The Bertz CT molecular complexity index is 443. The van der Waals surface area contributed by atoms with E-state index in [9.17, 15) is 5.26 Å². The standard InChI is InChI=1S/C24H41NO/c1-3-5-19-6-8-20(9-7-19)21-14-16-24(18-25,17-15-21)22-10-12-23(13-11-22)26-4-2/h19-23H,3-17H2,1-2H3/t19?,20?,21-,22?,23?,24-. The van der Waals surface area contributed by atoms with E-state index in [0.29, 0.717) is 12.0 Å². The zero-order valence-corrected chi connectivity index (χ0v) is 17.3. The van der Waals surface area contributed by atoms with E-state index in [4.69, 9.17) is 4.74 Å². The molecular weight excluding hydrogens is 318 g/mol. The quantitative estimate of drug-likeness (QED) is 0.517. The van der Waals surface area contributed by atoms with Gasteiger partial charge in [-0.15, -0.1) is 0 Å². The fourth-order valence-corrected chi connectivity index (χ4v) is 6.61. The maximum atomic E-state index is 10.1. The molecule has 0 spiro atoms. The van der Waals surface area contributed by atoms with E-state index < -0.39 is 0 Å². The van der Waals surface area contributed by atoms with Gasteiger partial charge in [0, 0.05) is 6.61 Å². The summed E-state index contributed by atoms with van der Waals surface area (Å²) in [5, 5.41) is 10.1. The maximum absolute atomic E-state index is 10.1. The number of nitrogens with zero attached hydrogens (tertiary/aromatic N) is 1. The first-order valence-electron chi connectivity index (χ1n) is 11.7. The van der Waals surface area contributed by atoms with Crippen molar-refractivity contribution in [2.24, 2.45) is 29.1 Å². The highest BCUT2D eigenvalue weighted by Gasteiger charge is 2.44. The summed E-state index contributed by atoms with van der Waals surface area (Å²) in [7, 11) is 0. The van der Waals surface area contributed by atoms with Crippen molar-refractivity contribution < 1.29 is 4.74 Å². The summed E-state index contributed by atoms with van der Waals surface area (Å²) in [5.41, 5.74) is -0.00685. The molecule has 0 N–H and O–H groups in total. The van der Waals surface area contributed by atoms with Crippen molar-refractivity contribution in [3.8, 4) is 6.07 Å². The average Bonchev–Trinajstić information content (AvgIpc) is 2.70. The van der Waals surface area contributed by atoms with Crippen LogP contribution in [-0.2, 0) is 4.74 Å². The summed E-state index contributed by atoms with van der Waals surface area (Å²) in [6.45, 7) is 5.26. The van der Waals surface area contributed by atoms with Crippen molar-refractivity contribution in [2.75, 3.05) is 6.61 Å². The lowest BCUT2D eigenvalue weighted by atomic mass is 9.58. The Balaban J connectivity index is 1.48. The Morgan fingerprint density at radius 3 is 2.00 bits per heavy atom. The van der Waals surface area contributed by atoms with Gasteiger partial charge in [-0.05, 0) is 94.8 Å². The van der Waals surface area contributed by atoms with Crippen LogP contribution in [0.2, 0.25) is 0 Å². The largest absolute Gasteiger partial charge is 0.379 e. The molecule has 0 unspecified atom stereocenters. The van der Waals surface area contributed by atoms with E-state index in [2.05, 4.69) is 19.9 Å². The van der Waals surface area contributed by atoms with Crippen LogP contribution in [0, 0.1) is 40.4 Å². The van der Waals surface area contributed by atoms with Crippen LogP contribution in [-0.4, -0.2) is 12.7 Å². The fourth-order valence-electron chi connectivity index (χ4n) is 6.61. The van der Waals surface area contributed by atoms with Gasteiger partial charge in [-0.2, -0.15) is 5.26 Å². The minimum Gasteiger partial charge on any atom is -0.379 e. The molecule has 3 saturated carbocycles. The lowest BCUT2D eigenvalue weighted by Crippen LogP contribution is -2.38. The van der Waals surface area contributed by atoms with Gasteiger partial charge in [0.2, 0.25) is 0 Å². The van der Waals surface area contributed by atoms with Gasteiger partial charge < -0.3 is 4.74 Å². The molecule has 0 aliphatic heterocycles. The third-order valence-corrected chi connectivity index (χ3v) is 8.26. The SMILES string of the molecule is CCCC1CCC([C@H]2CC[C@](C#N)(C3CCC(OCC)CC3)CC2)CC1. The van der Waals surface area contributed by atoms with Crippen LogP contribution in [0.4, 0.5) is 0 Å². The number of ether oxygens (including phenoxy) is 1. The monoisotopic (exact) mass is 359 g/mol. The minimum absolute atomic E-state index is 0.00685. The summed E-state index contributed by atoms with van der Waals surface area (Å²) in [4.78, 5) is 0. The van der Waals surface area contributed by atoms with Gasteiger partial charge in [0.1, 0.15) is 0 Å². The molecule has 0 aromatic rings. The maximum Gasteiger partial charge on any atom is 0.0692 e. The first-order valence-corrected chi connectivity index (χ1v) is 11.7. The molecule has 26 heavy (non-hydrogen) atoms. The Kier molecular flexibility index (Phi) is 7.44. The lowest BCUT2D eigenvalue weighted by molar-refractivity contribution is -0.00232. The second kappa shape index (κ2) is 9.59. The van der Waals surface area contributed by atoms with Crippen LogP contribution in [0.25, 0.3) is 0 Å². The van der Waals surface area contributed by atoms with E-state index in [1.807, 2.05) is 0 Å². The van der Waals surface area contributed by atoms with Crippen molar-refractivity contribution in [2.45, 2.75) is 110 Å². The first-order chi connectivity index (χ1) is 12.7. The molecule has 0 radical (unpaired) electrons. The highest BCUT2D eigenvalue weighted by atomic mass is 16.5. The van der Waals surface area contributed by atoms with E-state index in [1.54, 1.807) is 0 Å². The molecule has 0 heterocycles. The Morgan fingerprint density at radius 1 is 0.846 bits per heavy atom. The normalized spacial score (nSPS) is 41.5. The Labute approximate surface area is 162 Å². The van der Waals surface area contributed by atoms with Crippen LogP contribution in [0.1, 0.15) is 104 Å². The summed E-state index contributed by atoms with van der Waals surface area (Å²) >= 11 is 0. The van der Waals surface area contributed by atoms with Gasteiger partial charge >= 0.3 is 0 Å². The van der Waals surface area contributed by atoms with Crippen LogP contribution in [0.5, 0.6) is 0 Å². The number of hydrogen-bond acceptors (Lipinski definition) is 2. The predicted octanol–water partition coefficient (Wildman–Crippen LogP) is 6.89. The minimum atomic E-state index is -0.00685. The van der Waals surface area contributed by atoms with Crippen molar-refractivity contribution in [1.82, 2.24) is 0 Å². The molecule has 0 amide bonds. The first kappa shape index (κ1) is 20.2. The highest BCUT2D eigenvalue weighted by Crippen LogP contribution is 2.52. The van der Waals surface area contributed by atoms with Gasteiger partial charge in [0.25, 0.3) is 0 Å². The van der Waals surface area contributed by atoms with Crippen molar-refractivity contribution in [3.05, 3.63) is 0 Å². The summed E-state index contributed by atoms with van der Waals surface area (Å²) in [6, 6.07) is 2.84. The molecule has 3 aliphatic rings. The third-order valence-electron chi connectivity index (χ3n) is 8.26. The smallest absolute Gasteiger partial charge is 0.0692 e. The molecular formula is C24H41NO. The summed E-state index contributed by atoms with van der Waals surface area (Å²) in [5.74, 6) is 3.52. The Morgan fingerprint density at radius 2 is 1.46 bits per heavy atom. The van der Waals surface area contributed by atoms with Crippen molar-refractivity contribution in [3.63, 3.8) is 0 Å². The molecule has 2 heteroatoms. The molecule has 3 aliphatic carbocycles. The second-order valence-corrected chi connectivity index (χ2v) is 9.60. The van der Waals surface area contributed by atoms with Crippen LogP contribution in [0.15, 0.2) is 0 Å². The summed E-state index contributed by atoms with van der Waals surface area (Å²) in [6.07, 6.45) is 18.9. The fraction of sp³-hybridized carbons (Fsp3) is 0.958. The predicted molar refractivity (Wildman–Crippen MR) is 108 cm³/mol. The molecule has 2 nitrogen and oxygen atoms in total. The van der Waals surface area contributed by atoms with Crippen LogP contribution in [0.3, 0.4) is 0 Å². The van der Waals surface area contributed by atoms with Gasteiger partial charge in [-0.3, -0.25) is 0 Å². The average molecular weight is 360 g/mol. The highest BCUT2D eigenvalue weighted by molar-refractivity contribution is 5.06. The van der Waals surface area contributed by atoms with Gasteiger partial charge in [0.15, 0.2) is 0 Å². The van der Waals surface area contributed by atoms with Crippen molar-refractivity contribution in [1.29, 1.82) is 5.26 Å². The molecule has 0 bridgehead atoms. The van der Waals surface area contributed by atoms with E-state index in [1.165, 1.54) is 89.9 Å². The van der Waals surface area contributed by atoms with Crippen molar-refractivity contribution >= 4 is 0 Å². The number of hydrogen-bond donors (Lipinski definition) is 0. The molecule has 0 aromatic heterocycles. The number of rotatable bonds is 6. The number of nitriles is 1. The molecule has 0 aromatic carbocycles. The van der Waals surface area contributed by atoms with Gasteiger partial charge in [0.05, 0.1) is 17.6 Å². The molecule has 3 fully saturated rings. The van der Waals surface area contributed by atoms with Crippen LogP contribution < -0.4 is 0 Å². The zero-order valence-electron chi connectivity index (χ0n) is 17.3. The molecule has 3 rings (SSSR count). The third kappa shape index (κ3) is 4.64. The van der Waals surface area contributed by atoms with Gasteiger partial charge in [-0.25, -0.2) is 0 Å². The zero-order chi connectivity index (χ0) is 18.4. The molecule has 148 valence electrons. The molecule has 0 atom stereocenters. The lowest BCUT2D eigenvalue weighted by Gasteiger charge is -2.45. The Hall–Kier alpha value is -0.550. The summed E-state index contributed by atoms with van der Waals surface area (Å²) < 4.78 is 5.82. The van der Waals surface area contributed by atoms with Crippen LogP contribution >= 0.6 is 0 Å². The van der Waals surface area contributed by atoms with Gasteiger partial charge in [-0.1, -0.05) is 32.6 Å². The van der Waals surface area contributed by atoms with E-state index in [0.717, 1.165) is 24.4 Å². The van der Waals surface area contributed by atoms with E-state index >= 15 is 0 Å².